The molecular formula is C14H32Al. The summed E-state index contributed by atoms with van der Waals surface area (Å²) in [4.78, 5) is 0. The Balaban J connectivity index is 0. The second-order valence-electron chi connectivity index (χ2n) is 4.69. The minimum absolute atomic E-state index is 0. The summed E-state index contributed by atoms with van der Waals surface area (Å²) in [7, 11) is 0. The summed E-state index contributed by atoms with van der Waals surface area (Å²) < 4.78 is 0. The molecule has 1 radical (unpaired) electrons. The molecule has 0 unspecified atom stereocenters. The maximum atomic E-state index is 2.29. The fourth-order valence-electron chi connectivity index (χ4n) is 1.93. The van der Waals surface area contributed by atoms with Gasteiger partial charge in [0, 0.05) is 1.43 Å². The standard InChI is InChI=1S/2C7H15.Al.H2/c2*1-3-5-7-6-4-2;;/h2*1,3-7H2,2H3;;1H. The lowest BCUT2D eigenvalue weighted by Crippen LogP contribution is -1.90. The van der Waals surface area contributed by atoms with Gasteiger partial charge in [0.25, 0.3) is 0 Å². The van der Waals surface area contributed by atoms with Crippen molar-refractivity contribution in [1.29, 1.82) is 0 Å². The van der Waals surface area contributed by atoms with Crippen molar-refractivity contribution in [2.75, 3.05) is 0 Å². The number of unbranched alkanes of at least 4 members (excludes halogenated alkanes) is 8. The van der Waals surface area contributed by atoms with Crippen molar-refractivity contribution in [3.05, 3.63) is 0 Å². The molecule has 0 aliphatic carbocycles. The van der Waals surface area contributed by atoms with Crippen LogP contribution in [0, 0.1) is 0 Å². The van der Waals surface area contributed by atoms with E-state index in [0.29, 0.717) is 0 Å². The van der Waals surface area contributed by atoms with E-state index in [1.54, 1.807) is 10.6 Å². The van der Waals surface area contributed by atoms with Crippen LogP contribution in [0.5, 0.6) is 0 Å². The lowest BCUT2D eigenvalue weighted by molar-refractivity contribution is 0.647. The van der Waals surface area contributed by atoms with E-state index < -0.39 is 0 Å². The van der Waals surface area contributed by atoms with Crippen molar-refractivity contribution in [3.63, 3.8) is 0 Å². The van der Waals surface area contributed by atoms with E-state index in [1.807, 2.05) is 0 Å². The monoisotopic (exact) mass is 227 g/mol. The second kappa shape index (κ2) is 14.5. The molecule has 91 valence electrons. The molecule has 0 bridgehead atoms. The van der Waals surface area contributed by atoms with Gasteiger partial charge >= 0.3 is 0 Å². The largest absolute Gasteiger partial charge is 0.199 e. The van der Waals surface area contributed by atoms with Gasteiger partial charge in [-0.05, 0) is 0 Å². The Morgan fingerprint density at radius 3 is 1.40 bits per heavy atom. The van der Waals surface area contributed by atoms with Crippen molar-refractivity contribution in [1.82, 2.24) is 0 Å². The van der Waals surface area contributed by atoms with E-state index in [-0.39, 0.29) is 1.43 Å². The Bertz CT molecular complexity index is 94.9. The third kappa shape index (κ3) is 14.5. The van der Waals surface area contributed by atoms with E-state index >= 15 is 0 Å². The zero-order valence-corrected chi connectivity index (χ0v) is 12.2. The van der Waals surface area contributed by atoms with Crippen molar-refractivity contribution >= 4 is 15.2 Å². The fraction of sp³-hybridized carbons (Fsp3) is 1.00. The zero-order valence-electron chi connectivity index (χ0n) is 11.1. The first-order valence-electron chi connectivity index (χ1n) is 7.23. The first kappa shape index (κ1) is 15.5. The quantitative estimate of drug-likeness (QED) is 0.296. The molecule has 0 saturated carbocycles. The average Bonchev–Trinajstić information content (AvgIpc) is 2.26. The summed E-state index contributed by atoms with van der Waals surface area (Å²) in [5, 5.41) is 3.13. The molecule has 0 amide bonds. The summed E-state index contributed by atoms with van der Waals surface area (Å²) in [6.45, 7) is 4.59. The summed E-state index contributed by atoms with van der Waals surface area (Å²) in [6, 6.07) is 0. The third-order valence-electron chi connectivity index (χ3n) is 3.02. The first-order valence-corrected chi connectivity index (χ1v) is 8.86. The van der Waals surface area contributed by atoms with Crippen LogP contribution in [0.25, 0.3) is 0 Å². The van der Waals surface area contributed by atoms with Gasteiger partial charge in [-0.15, -0.1) is 10.6 Å². The van der Waals surface area contributed by atoms with Gasteiger partial charge in [0.15, 0.2) is 15.2 Å². The van der Waals surface area contributed by atoms with Crippen LogP contribution in [0.1, 0.15) is 79.5 Å². The Kier molecular flexibility index (Phi) is 15.0. The molecule has 0 fully saturated rings. The smallest absolute Gasteiger partial charge is 0.104 e. The minimum atomic E-state index is 0. The first-order chi connectivity index (χ1) is 7.41. The Morgan fingerprint density at radius 2 is 1.00 bits per heavy atom. The Morgan fingerprint density at radius 1 is 0.600 bits per heavy atom. The topological polar surface area (TPSA) is 0 Å². The Hall–Kier alpha value is 0.532. The summed E-state index contributed by atoms with van der Waals surface area (Å²) in [6.07, 6.45) is 14.6. The number of hydrogen-bond donors (Lipinski definition) is 0. The number of rotatable bonds is 12. The molecule has 15 heavy (non-hydrogen) atoms. The van der Waals surface area contributed by atoms with Gasteiger partial charge in [0.1, 0.15) is 0 Å². The molecule has 0 nitrogen and oxygen atoms in total. The molecule has 0 aliphatic heterocycles. The molecule has 0 atom stereocenters. The predicted octanol–water partition coefficient (Wildman–Crippen LogP) is 5.71. The Labute approximate surface area is 105 Å². The van der Waals surface area contributed by atoms with Crippen LogP contribution >= 0.6 is 0 Å². The van der Waals surface area contributed by atoms with Gasteiger partial charge in [-0.2, -0.15) is 0 Å². The molecule has 0 aliphatic rings. The van der Waals surface area contributed by atoms with Gasteiger partial charge in [-0.1, -0.05) is 78.1 Å². The molecule has 0 N–H and O–H groups in total. The van der Waals surface area contributed by atoms with Crippen LogP contribution in [0.4, 0.5) is 0 Å². The van der Waals surface area contributed by atoms with E-state index in [0.717, 1.165) is 15.2 Å². The van der Waals surface area contributed by atoms with Crippen molar-refractivity contribution in [3.8, 4) is 0 Å². The van der Waals surface area contributed by atoms with Crippen LogP contribution in [-0.4, -0.2) is 15.2 Å². The van der Waals surface area contributed by atoms with Gasteiger partial charge in [-0.25, -0.2) is 0 Å². The van der Waals surface area contributed by atoms with Crippen molar-refractivity contribution < 1.29 is 1.43 Å². The number of hydrogen-bond acceptors (Lipinski definition) is 0. The highest BCUT2D eigenvalue weighted by Gasteiger charge is 1.94. The lowest BCUT2D eigenvalue weighted by atomic mass is 10.2. The van der Waals surface area contributed by atoms with Crippen molar-refractivity contribution in [2.45, 2.75) is 88.6 Å². The SMILES string of the molecule is CCCCCC[CH2][Al][CH2]CCCCCC.[HH]. The lowest BCUT2D eigenvalue weighted by Gasteiger charge is -2.00. The normalized spacial score (nSPS) is 10.5. The molecule has 0 aromatic heterocycles. The maximum absolute atomic E-state index is 2.29. The van der Waals surface area contributed by atoms with Crippen LogP contribution < -0.4 is 0 Å². The van der Waals surface area contributed by atoms with Crippen LogP contribution in [0.2, 0.25) is 10.6 Å². The van der Waals surface area contributed by atoms with E-state index in [1.165, 1.54) is 64.2 Å². The molecular weight excluding hydrogens is 195 g/mol. The maximum Gasteiger partial charge on any atom is 0.199 e. The highest BCUT2D eigenvalue weighted by Crippen LogP contribution is 2.08. The predicted molar refractivity (Wildman–Crippen MR) is 75.0 cm³/mol. The van der Waals surface area contributed by atoms with Gasteiger partial charge < -0.3 is 0 Å². The molecule has 0 aromatic rings. The van der Waals surface area contributed by atoms with Gasteiger partial charge in [-0.3, -0.25) is 0 Å². The molecule has 0 heterocycles. The van der Waals surface area contributed by atoms with E-state index in [9.17, 15) is 0 Å². The third-order valence-corrected chi connectivity index (χ3v) is 4.66. The highest BCUT2D eigenvalue weighted by molar-refractivity contribution is 6.35. The van der Waals surface area contributed by atoms with Gasteiger partial charge in [0.2, 0.25) is 0 Å². The zero-order chi connectivity index (χ0) is 11.2. The van der Waals surface area contributed by atoms with Gasteiger partial charge in [0.05, 0.1) is 0 Å². The van der Waals surface area contributed by atoms with Crippen LogP contribution in [-0.2, 0) is 0 Å². The average molecular weight is 227 g/mol. The fourth-order valence-corrected chi connectivity index (χ4v) is 3.37. The summed E-state index contributed by atoms with van der Waals surface area (Å²) in [5.74, 6) is 0. The van der Waals surface area contributed by atoms with Crippen LogP contribution in [0.3, 0.4) is 0 Å². The van der Waals surface area contributed by atoms with Crippen molar-refractivity contribution in [2.24, 2.45) is 0 Å². The molecule has 0 aromatic carbocycles. The van der Waals surface area contributed by atoms with Crippen LogP contribution in [0.15, 0.2) is 0 Å². The van der Waals surface area contributed by atoms with E-state index in [2.05, 4.69) is 13.8 Å². The minimum Gasteiger partial charge on any atom is -0.104 e. The molecule has 0 saturated heterocycles. The second-order valence-corrected chi connectivity index (χ2v) is 6.43. The highest BCUT2D eigenvalue weighted by atomic mass is 27.1. The molecule has 0 rings (SSSR count). The van der Waals surface area contributed by atoms with E-state index in [4.69, 9.17) is 0 Å². The summed E-state index contributed by atoms with van der Waals surface area (Å²) in [5.41, 5.74) is 0. The molecule has 1 heteroatoms. The summed E-state index contributed by atoms with van der Waals surface area (Å²) >= 11 is 0.799. The molecule has 0 spiro atoms.